The molecule has 0 aliphatic carbocycles. The van der Waals surface area contributed by atoms with Gasteiger partial charge in [-0.2, -0.15) is 0 Å². The number of carbonyl (C=O) groups is 1. The predicted octanol–water partition coefficient (Wildman–Crippen LogP) is 2.53. The molecule has 0 atom stereocenters. The van der Waals surface area contributed by atoms with Crippen LogP contribution in [-0.2, 0) is 17.8 Å². The zero-order valence-electron chi connectivity index (χ0n) is 15.2. The van der Waals surface area contributed by atoms with Crippen molar-refractivity contribution < 1.29 is 9.53 Å². The van der Waals surface area contributed by atoms with Crippen molar-refractivity contribution in [2.24, 2.45) is 0 Å². The van der Waals surface area contributed by atoms with Crippen LogP contribution in [-0.4, -0.2) is 26.5 Å². The van der Waals surface area contributed by atoms with Crippen LogP contribution in [0.15, 0.2) is 47.3 Å². The average molecular weight is 364 g/mol. The van der Waals surface area contributed by atoms with Gasteiger partial charge in [-0.3, -0.25) is 9.59 Å². The quantitative estimate of drug-likeness (QED) is 0.769. The molecule has 0 spiro atoms. The third kappa shape index (κ3) is 3.40. The summed E-state index contributed by atoms with van der Waals surface area (Å²) in [5.41, 5.74) is 1.74. The Hall–Kier alpha value is -3.22. The number of nitrogens with zero attached hydrogens (tertiary/aromatic N) is 3. The van der Waals surface area contributed by atoms with Gasteiger partial charge in [0.2, 0.25) is 5.91 Å². The predicted molar refractivity (Wildman–Crippen MR) is 102 cm³/mol. The summed E-state index contributed by atoms with van der Waals surface area (Å²) in [6, 6.07) is 12.7. The summed E-state index contributed by atoms with van der Waals surface area (Å²) in [5, 5.41) is 11.3. The van der Waals surface area contributed by atoms with E-state index in [9.17, 15) is 9.59 Å². The number of ether oxygens (including phenoxy) is 1. The first-order chi connectivity index (χ1) is 12.9. The number of aryl methyl sites for hydroxylation is 1. The smallest absolute Gasteiger partial charge is 0.277 e. The Bertz CT molecular complexity index is 1090. The van der Waals surface area contributed by atoms with Gasteiger partial charge in [0, 0.05) is 18.4 Å². The Balaban J connectivity index is 1.47. The summed E-state index contributed by atoms with van der Waals surface area (Å²) in [6.07, 6.45) is 0.911. The summed E-state index contributed by atoms with van der Waals surface area (Å²) in [4.78, 5) is 24.8. The van der Waals surface area contributed by atoms with Gasteiger partial charge < -0.3 is 10.1 Å². The van der Waals surface area contributed by atoms with Crippen LogP contribution in [0.5, 0.6) is 5.75 Å². The lowest BCUT2D eigenvalue weighted by Gasteiger charge is -2.18. The van der Waals surface area contributed by atoms with Crippen LogP contribution in [0.3, 0.4) is 0 Å². The van der Waals surface area contributed by atoms with Crippen molar-refractivity contribution in [2.75, 3.05) is 5.32 Å². The molecule has 4 rings (SSSR count). The fourth-order valence-electron chi connectivity index (χ4n) is 3.30. The van der Waals surface area contributed by atoms with E-state index in [1.807, 2.05) is 32.0 Å². The number of fused-ring (bicyclic) bond motifs is 2. The van der Waals surface area contributed by atoms with E-state index in [1.54, 1.807) is 24.3 Å². The summed E-state index contributed by atoms with van der Waals surface area (Å²) >= 11 is 0. The Morgan fingerprint density at radius 1 is 1.22 bits per heavy atom. The molecule has 27 heavy (non-hydrogen) atoms. The molecule has 138 valence electrons. The van der Waals surface area contributed by atoms with E-state index in [2.05, 4.69) is 15.6 Å². The fraction of sp³-hybridized carbons (Fsp3) is 0.300. The standard InChI is InChI=1S/C20H20N4O3/c1-20(2)12-13-6-5-9-16(18(13)27-20)21-17(25)10-11-24-19(26)14-7-3-4-8-15(14)22-23-24/h3-9H,10-12H2,1-2H3,(H,21,25). The Kier molecular flexibility index (Phi) is 4.14. The average Bonchev–Trinajstić information content (AvgIpc) is 2.96. The number of para-hydroxylation sites is 1. The Labute approximate surface area is 156 Å². The molecule has 7 heteroatoms. The van der Waals surface area contributed by atoms with E-state index in [0.29, 0.717) is 16.6 Å². The van der Waals surface area contributed by atoms with Gasteiger partial charge in [-0.15, -0.1) is 5.10 Å². The lowest BCUT2D eigenvalue weighted by atomic mass is 10.0. The minimum atomic E-state index is -0.281. The second-order valence-corrected chi connectivity index (χ2v) is 7.27. The van der Waals surface area contributed by atoms with Gasteiger partial charge >= 0.3 is 0 Å². The first kappa shape index (κ1) is 17.2. The van der Waals surface area contributed by atoms with Crippen LogP contribution in [0.25, 0.3) is 10.9 Å². The molecule has 0 radical (unpaired) electrons. The highest BCUT2D eigenvalue weighted by molar-refractivity contribution is 5.92. The maximum atomic E-state index is 12.4. The number of amides is 1. The molecule has 1 amide bonds. The van der Waals surface area contributed by atoms with Crippen LogP contribution in [0.1, 0.15) is 25.8 Å². The topological polar surface area (TPSA) is 86.1 Å². The molecule has 7 nitrogen and oxygen atoms in total. The summed E-state index contributed by atoms with van der Waals surface area (Å²) in [5.74, 6) is 0.511. The van der Waals surface area contributed by atoms with Crippen molar-refractivity contribution in [3.05, 3.63) is 58.4 Å². The van der Waals surface area contributed by atoms with Crippen LogP contribution < -0.4 is 15.6 Å². The molecule has 1 aromatic heterocycles. The van der Waals surface area contributed by atoms with Crippen LogP contribution in [0.2, 0.25) is 0 Å². The number of hydrogen-bond acceptors (Lipinski definition) is 5. The molecule has 0 unspecified atom stereocenters. The highest BCUT2D eigenvalue weighted by Gasteiger charge is 2.31. The fourth-order valence-corrected chi connectivity index (χ4v) is 3.30. The largest absolute Gasteiger partial charge is 0.485 e. The number of rotatable bonds is 4. The van der Waals surface area contributed by atoms with E-state index < -0.39 is 0 Å². The van der Waals surface area contributed by atoms with Gasteiger partial charge in [0.25, 0.3) is 5.56 Å². The van der Waals surface area contributed by atoms with Gasteiger partial charge in [-0.05, 0) is 32.0 Å². The van der Waals surface area contributed by atoms with Gasteiger partial charge in [0.1, 0.15) is 16.9 Å². The second kappa shape index (κ2) is 6.50. The SMILES string of the molecule is CC1(C)Cc2cccc(NC(=O)CCn3nnc4ccccc4c3=O)c2O1. The Morgan fingerprint density at radius 3 is 2.89 bits per heavy atom. The Morgan fingerprint density at radius 2 is 2.04 bits per heavy atom. The third-order valence-electron chi connectivity index (χ3n) is 4.55. The number of benzene rings is 2. The minimum absolute atomic E-state index is 0.111. The van der Waals surface area contributed by atoms with E-state index >= 15 is 0 Å². The molecule has 3 aromatic rings. The van der Waals surface area contributed by atoms with Gasteiger partial charge in [0.05, 0.1) is 17.6 Å². The number of carbonyl (C=O) groups excluding carboxylic acids is 1. The monoisotopic (exact) mass is 364 g/mol. The highest BCUT2D eigenvalue weighted by atomic mass is 16.5. The number of nitrogens with one attached hydrogen (secondary N) is 1. The minimum Gasteiger partial charge on any atom is -0.485 e. The third-order valence-corrected chi connectivity index (χ3v) is 4.55. The van der Waals surface area contributed by atoms with Crippen molar-refractivity contribution in [2.45, 2.75) is 38.8 Å². The summed E-state index contributed by atoms with van der Waals surface area (Å²) in [7, 11) is 0. The van der Waals surface area contributed by atoms with E-state index in [-0.39, 0.29) is 30.0 Å². The zero-order chi connectivity index (χ0) is 19.0. The maximum absolute atomic E-state index is 12.4. The molecule has 1 aliphatic heterocycles. The molecular formula is C20H20N4O3. The lowest BCUT2D eigenvalue weighted by Crippen LogP contribution is -2.27. The molecule has 1 N–H and O–H groups in total. The van der Waals surface area contributed by atoms with Crippen LogP contribution >= 0.6 is 0 Å². The number of hydrogen-bond donors (Lipinski definition) is 1. The van der Waals surface area contributed by atoms with Crippen molar-refractivity contribution in [3.63, 3.8) is 0 Å². The second-order valence-electron chi connectivity index (χ2n) is 7.27. The van der Waals surface area contributed by atoms with E-state index in [1.165, 1.54) is 4.68 Å². The van der Waals surface area contributed by atoms with Crippen LogP contribution in [0.4, 0.5) is 5.69 Å². The lowest BCUT2D eigenvalue weighted by molar-refractivity contribution is -0.116. The number of anilines is 1. The van der Waals surface area contributed by atoms with Crippen molar-refractivity contribution in [1.82, 2.24) is 15.0 Å². The first-order valence-corrected chi connectivity index (χ1v) is 8.86. The van der Waals surface area contributed by atoms with Crippen molar-refractivity contribution >= 4 is 22.5 Å². The molecule has 2 heterocycles. The number of aromatic nitrogens is 3. The van der Waals surface area contributed by atoms with E-state index in [4.69, 9.17) is 4.74 Å². The summed E-state index contributed by atoms with van der Waals surface area (Å²) < 4.78 is 7.18. The zero-order valence-corrected chi connectivity index (χ0v) is 15.2. The maximum Gasteiger partial charge on any atom is 0.277 e. The molecule has 2 aromatic carbocycles. The van der Waals surface area contributed by atoms with Crippen molar-refractivity contribution in [1.29, 1.82) is 0 Å². The molecule has 0 saturated heterocycles. The first-order valence-electron chi connectivity index (χ1n) is 8.86. The van der Waals surface area contributed by atoms with E-state index in [0.717, 1.165) is 17.7 Å². The molecular weight excluding hydrogens is 344 g/mol. The van der Waals surface area contributed by atoms with Gasteiger partial charge in [-0.25, -0.2) is 4.68 Å². The molecule has 1 aliphatic rings. The van der Waals surface area contributed by atoms with Gasteiger partial charge in [0.15, 0.2) is 0 Å². The highest BCUT2D eigenvalue weighted by Crippen LogP contribution is 2.40. The van der Waals surface area contributed by atoms with Crippen molar-refractivity contribution in [3.8, 4) is 5.75 Å². The summed E-state index contributed by atoms with van der Waals surface area (Å²) in [6.45, 7) is 4.19. The molecule has 0 bridgehead atoms. The van der Waals surface area contributed by atoms with Crippen LogP contribution in [0, 0.1) is 0 Å². The molecule has 0 saturated carbocycles. The normalized spacial score (nSPS) is 14.6. The molecule has 0 fully saturated rings. The van der Waals surface area contributed by atoms with Gasteiger partial charge in [-0.1, -0.05) is 29.5 Å².